The maximum atomic E-state index is 11.7. The van der Waals surface area contributed by atoms with Crippen LogP contribution in [0.4, 0.5) is 0 Å². The Hall–Kier alpha value is -1.61. The van der Waals surface area contributed by atoms with E-state index >= 15 is 0 Å². The quantitative estimate of drug-likeness (QED) is 0.810. The first-order chi connectivity index (χ1) is 8.56. The number of rotatable bonds is 6. The van der Waals surface area contributed by atoms with Crippen molar-refractivity contribution in [2.75, 3.05) is 6.54 Å². The molecule has 2 N–H and O–H groups in total. The Morgan fingerprint density at radius 3 is 2.67 bits per heavy atom. The number of benzene rings is 1. The molecule has 0 aliphatic carbocycles. The molecule has 98 valence electrons. The predicted molar refractivity (Wildman–Crippen MR) is 74.0 cm³/mol. The molecule has 0 spiro atoms. The molecule has 3 nitrogen and oxygen atoms in total. The normalized spacial score (nSPS) is 14.4. The highest BCUT2D eigenvalue weighted by molar-refractivity contribution is 5.84. The van der Waals surface area contributed by atoms with Gasteiger partial charge < -0.3 is 10.4 Å². The molecular weight excluding hydrogens is 226 g/mol. The Morgan fingerprint density at radius 2 is 2.06 bits per heavy atom. The molecule has 1 atom stereocenters. The van der Waals surface area contributed by atoms with Crippen LogP contribution in [-0.2, 0) is 4.79 Å². The lowest BCUT2D eigenvalue weighted by molar-refractivity contribution is -0.138. The van der Waals surface area contributed by atoms with Gasteiger partial charge in [0.15, 0.2) is 0 Å². The molecule has 1 aromatic rings. The number of hydrogen-bond donors (Lipinski definition) is 2. The maximum absolute atomic E-state index is 11.7. The molecular formula is C15H21NO2. The van der Waals surface area contributed by atoms with Crippen LogP contribution in [0.15, 0.2) is 36.4 Å². The summed E-state index contributed by atoms with van der Waals surface area (Å²) in [5, 5.41) is 12.6. The van der Waals surface area contributed by atoms with Gasteiger partial charge in [-0.2, -0.15) is 0 Å². The molecule has 0 aromatic heterocycles. The minimum Gasteiger partial charge on any atom is -0.380 e. The van der Waals surface area contributed by atoms with Crippen LogP contribution in [0.25, 0.3) is 6.08 Å². The highest BCUT2D eigenvalue weighted by atomic mass is 16.3. The number of aliphatic hydroxyl groups is 1. The third-order valence-corrected chi connectivity index (χ3v) is 2.72. The van der Waals surface area contributed by atoms with E-state index in [0.29, 0.717) is 13.0 Å². The summed E-state index contributed by atoms with van der Waals surface area (Å²) in [5.41, 5.74) is -0.179. The number of carbonyl (C=O) groups excluding carboxylic acids is 1. The average molecular weight is 247 g/mol. The van der Waals surface area contributed by atoms with Crippen molar-refractivity contribution in [1.82, 2.24) is 5.32 Å². The molecule has 0 aliphatic heterocycles. The molecule has 0 bridgehead atoms. The zero-order chi connectivity index (χ0) is 13.4. The largest absolute Gasteiger partial charge is 0.380 e. The number of amides is 1. The standard InChI is InChI=1S/C15H21NO2/c1-3-11-15(2,18)14(17)16-12-7-10-13-8-5-4-6-9-13/h4-10,18H,3,11-12H2,1-2H3,(H,16,17)/b10-7+. The number of nitrogens with one attached hydrogen (secondary N) is 1. The van der Waals surface area contributed by atoms with E-state index in [1.807, 2.05) is 49.4 Å². The van der Waals surface area contributed by atoms with E-state index in [1.165, 1.54) is 0 Å². The lowest BCUT2D eigenvalue weighted by Gasteiger charge is -2.20. The van der Waals surface area contributed by atoms with Gasteiger partial charge in [0.2, 0.25) is 0 Å². The third-order valence-electron chi connectivity index (χ3n) is 2.72. The fourth-order valence-electron chi connectivity index (χ4n) is 1.70. The average Bonchev–Trinajstić information content (AvgIpc) is 2.35. The summed E-state index contributed by atoms with van der Waals surface area (Å²) in [6.07, 6.45) is 5.06. The fraction of sp³-hybridized carbons (Fsp3) is 0.400. The van der Waals surface area contributed by atoms with Crippen molar-refractivity contribution in [3.8, 4) is 0 Å². The summed E-state index contributed by atoms with van der Waals surface area (Å²) in [4.78, 5) is 11.7. The van der Waals surface area contributed by atoms with Gasteiger partial charge in [0.1, 0.15) is 5.60 Å². The lowest BCUT2D eigenvalue weighted by atomic mass is 10.00. The molecule has 0 saturated heterocycles. The second-order valence-electron chi connectivity index (χ2n) is 4.55. The minimum atomic E-state index is -1.27. The summed E-state index contributed by atoms with van der Waals surface area (Å²) in [6, 6.07) is 9.87. The van der Waals surface area contributed by atoms with Gasteiger partial charge >= 0.3 is 0 Å². The van der Waals surface area contributed by atoms with E-state index in [1.54, 1.807) is 6.92 Å². The van der Waals surface area contributed by atoms with Gasteiger partial charge in [-0.1, -0.05) is 55.8 Å². The van der Waals surface area contributed by atoms with E-state index < -0.39 is 5.60 Å². The highest BCUT2D eigenvalue weighted by Crippen LogP contribution is 2.11. The number of hydrogen-bond acceptors (Lipinski definition) is 2. The van der Waals surface area contributed by atoms with Gasteiger partial charge in [-0.15, -0.1) is 0 Å². The lowest BCUT2D eigenvalue weighted by Crippen LogP contribution is -2.44. The van der Waals surface area contributed by atoms with Crippen LogP contribution in [0, 0.1) is 0 Å². The van der Waals surface area contributed by atoms with Crippen LogP contribution in [0.1, 0.15) is 32.3 Å². The highest BCUT2D eigenvalue weighted by Gasteiger charge is 2.28. The van der Waals surface area contributed by atoms with Gasteiger partial charge in [0.05, 0.1) is 0 Å². The van der Waals surface area contributed by atoms with Crippen molar-refractivity contribution in [3.63, 3.8) is 0 Å². The van der Waals surface area contributed by atoms with E-state index in [9.17, 15) is 9.90 Å². The van der Waals surface area contributed by atoms with Crippen LogP contribution in [0.5, 0.6) is 0 Å². The second-order valence-corrected chi connectivity index (χ2v) is 4.55. The first-order valence-electron chi connectivity index (χ1n) is 6.28. The molecule has 0 fully saturated rings. The first-order valence-corrected chi connectivity index (χ1v) is 6.28. The molecule has 1 amide bonds. The molecule has 3 heteroatoms. The molecule has 0 aliphatic rings. The van der Waals surface area contributed by atoms with Crippen molar-refractivity contribution in [2.45, 2.75) is 32.3 Å². The van der Waals surface area contributed by atoms with Crippen LogP contribution in [-0.4, -0.2) is 23.2 Å². The van der Waals surface area contributed by atoms with Crippen molar-refractivity contribution in [1.29, 1.82) is 0 Å². The first kappa shape index (κ1) is 14.5. The molecule has 0 radical (unpaired) electrons. The monoisotopic (exact) mass is 247 g/mol. The van der Waals surface area contributed by atoms with Crippen molar-refractivity contribution in [3.05, 3.63) is 42.0 Å². The fourth-order valence-corrected chi connectivity index (χ4v) is 1.70. The SMILES string of the molecule is CCCC(C)(O)C(=O)NC/C=C/c1ccccc1. The molecule has 0 saturated carbocycles. The van der Waals surface area contributed by atoms with Gasteiger partial charge in [-0.05, 0) is 18.9 Å². The molecule has 1 unspecified atom stereocenters. The van der Waals surface area contributed by atoms with Gasteiger partial charge in [0, 0.05) is 6.54 Å². The molecule has 18 heavy (non-hydrogen) atoms. The Balaban J connectivity index is 2.38. The van der Waals surface area contributed by atoms with Crippen molar-refractivity contribution >= 4 is 12.0 Å². The zero-order valence-corrected chi connectivity index (χ0v) is 11.0. The van der Waals surface area contributed by atoms with E-state index in [2.05, 4.69) is 5.32 Å². The zero-order valence-electron chi connectivity index (χ0n) is 11.0. The summed E-state index contributed by atoms with van der Waals surface area (Å²) in [5.74, 6) is -0.318. The van der Waals surface area contributed by atoms with Crippen molar-refractivity contribution < 1.29 is 9.90 Å². The van der Waals surface area contributed by atoms with Gasteiger partial charge in [0.25, 0.3) is 5.91 Å². The maximum Gasteiger partial charge on any atom is 0.251 e. The summed E-state index contributed by atoms with van der Waals surface area (Å²) in [6.45, 7) is 3.91. The smallest absolute Gasteiger partial charge is 0.251 e. The molecule has 1 rings (SSSR count). The molecule has 0 heterocycles. The van der Waals surface area contributed by atoms with E-state index in [0.717, 1.165) is 12.0 Å². The Kier molecular flexibility index (Phi) is 5.59. The minimum absolute atomic E-state index is 0.318. The van der Waals surface area contributed by atoms with Crippen LogP contribution < -0.4 is 5.32 Å². The number of carbonyl (C=O) groups is 1. The van der Waals surface area contributed by atoms with Gasteiger partial charge in [-0.25, -0.2) is 0 Å². The van der Waals surface area contributed by atoms with Crippen LogP contribution >= 0.6 is 0 Å². The summed E-state index contributed by atoms with van der Waals surface area (Å²) < 4.78 is 0. The van der Waals surface area contributed by atoms with E-state index in [-0.39, 0.29) is 5.91 Å². The Bertz CT molecular complexity index is 396. The topological polar surface area (TPSA) is 49.3 Å². The Labute approximate surface area is 109 Å². The second kappa shape index (κ2) is 6.97. The molecule has 1 aromatic carbocycles. The summed E-state index contributed by atoms with van der Waals surface area (Å²) >= 11 is 0. The van der Waals surface area contributed by atoms with E-state index in [4.69, 9.17) is 0 Å². The third kappa shape index (κ3) is 4.72. The summed E-state index contributed by atoms with van der Waals surface area (Å²) in [7, 11) is 0. The van der Waals surface area contributed by atoms with Crippen LogP contribution in [0.3, 0.4) is 0 Å². The predicted octanol–water partition coefficient (Wildman–Crippen LogP) is 2.37. The Morgan fingerprint density at radius 1 is 1.39 bits per heavy atom. The van der Waals surface area contributed by atoms with Crippen LogP contribution in [0.2, 0.25) is 0 Å². The van der Waals surface area contributed by atoms with Gasteiger partial charge in [-0.3, -0.25) is 4.79 Å². The van der Waals surface area contributed by atoms with Crippen molar-refractivity contribution in [2.24, 2.45) is 0 Å².